The third-order valence-corrected chi connectivity index (χ3v) is 4.25. The van der Waals surface area contributed by atoms with Crippen LogP contribution in [0.25, 0.3) is 0 Å². The van der Waals surface area contributed by atoms with Gasteiger partial charge in [0.05, 0.1) is 20.8 Å². The van der Waals surface area contributed by atoms with Crippen LogP contribution in [-0.4, -0.2) is 31.8 Å². The van der Waals surface area contributed by atoms with Gasteiger partial charge in [-0.1, -0.05) is 13.3 Å². The first kappa shape index (κ1) is 16.6. The molecular formula is C17H25NO4. The fourth-order valence-corrected chi connectivity index (χ4v) is 2.89. The Kier molecular flexibility index (Phi) is 5.29. The molecule has 1 aromatic carbocycles. The lowest BCUT2D eigenvalue weighted by Crippen LogP contribution is -2.39. The maximum absolute atomic E-state index is 11.8. The highest BCUT2D eigenvalue weighted by Gasteiger charge is 2.38. The number of carbonyl (C=O) groups is 1. The van der Waals surface area contributed by atoms with Gasteiger partial charge in [-0.05, 0) is 42.5 Å². The highest BCUT2D eigenvalue weighted by Crippen LogP contribution is 2.42. The lowest BCUT2D eigenvalue weighted by molar-refractivity contribution is -0.122. The number of carbonyl (C=O) groups excluding carboxylic acids is 1. The third kappa shape index (κ3) is 3.35. The van der Waals surface area contributed by atoms with E-state index in [0.717, 1.165) is 30.4 Å². The zero-order valence-electron chi connectivity index (χ0n) is 13.6. The van der Waals surface area contributed by atoms with Crippen LogP contribution in [0, 0.1) is 0 Å². The maximum atomic E-state index is 11.8. The van der Waals surface area contributed by atoms with Crippen molar-refractivity contribution in [2.24, 2.45) is 0 Å². The van der Waals surface area contributed by atoms with E-state index < -0.39 is 5.60 Å². The number of unbranched alkanes of at least 4 members (excludes halogenated alkanes) is 1. The van der Waals surface area contributed by atoms with Gasteiger partial charge in [-0.15, -0.1) is 0 Å². The van der Waals surface area contributed by atoms with E-state index in [1.807, 2.05) is 19.1 Å². The fraction of sp³-hybridized carbons (Fsp3) is 0.588. The highest BCUT2D eigenvalue weighted by molar-refractivity contribution is 5.76. The number of hydrogen-bond donors (Lipinski definition) is 2. The first-order valence-corrected chi connectivity index (χ1v) is 7.78. The first-order chi connectivity index (χ1) is 10.5. The monoisotopic (exact) mass is 307 g/mol. The molecule has 0 fully saturated rings. The van der Waals surface area contributed by atoms with Gasteiger partial charge in [-0.2, -0.15) is 0 Å². The molecule has 0 saturated carbocycles. The number of amides is 1. The molecule has 0 aromatic heterocycles. The number of methoxy groups -OCH3 is 2. The minimum absolute atomic E-state index is 0.01000. The van der Waals surface area contributed by atoms with E-state index in [9.17, 15) is 9.90 Å². The van der Waals surface area contributed by atoms with E-state index in [1.54, 1.807) is 14.2 Å². The van der Waals surface area contributed by atoms with Crippen LogP contribution in [-0.2, 0) is 16.8 Å². The van der Waals surface area contributed by atoms with Crippen LogP contribution in [0.1, 0.15) is 43.7 Å². The van der Waals surface area contributed by atoms with Crippen molar-refractivity contribution in [2.45, 2.75) is 44.6 Å². The van der Waals surface area contributed by atoms with Crippen molar-refractivity contribution in [1.82, 2.24) is 5.32 Å². The summed E-state index contributed by atoms with van der Waals surface area (Å²) in [4.78, 5) is 11.8. The van der Waals surface area contributed by atoms with Crippen LogP contribution in [0.15, 0.2) is 12.1 Å². The molecule has 1 amide bonds. The van der Waals surface area contributed by atoms with Gasteiger partial charge in [-0.25, -0.2) is 0 Å². The van der Waals surface area contributed by atoms with E-state index in [2.05, 4.69) is 5.32 Å². The standard InChI is InChI=1S/C17H25NO4/c1-4-5-6-16(19)18-11-17(20)8-7-12-9-14(21-2)15(22-3)10-13(12)17/h9-10,20H,4-8,11H2,1-3H3,(H,18,19). The molecule has 0 aliphatic heterocycles. The first-order valence-electron chi connectivity index (χ1n) is 7.78. The Morgan fingerprint density at radius 3 is 2.64 bits per heavy atom. The molecule has 0 spiro atoms. The summed E-state index contributed by atoms with van der Waals surface area (Å²) < 4.78 is 10.6. The lowest BCUT2D eigenvalue weighted by atomic mass is 9.95. The number of benzene rings is 1. The van der Waals surface area contributed by atoms with Crippen molar-refractivity contribution < 1.29 is 19.4 Å². The van der Waals surface area contributed by atoms with E-state index in [4.69, 9.17) is 9.47 Å². The topological polar surface area (TPSA) is 67.8 Å². The van der Waals surface area contributed by atoms with E-state index >= 15 is 0 Å². The number of hydrogen-bond acceptors (Lipinski definition) is 4. The van der Waals surface area contributed by atoms with Crippen molar-refractivity contribution in [3.63, 3.8) is 0 Å². The number of aliphatic hydroxyl groups is 1. The molecule has 22 heavy (non-hydrogen) atoms. The number of rotatable bonds is 7. The molecular weight excluding hydrogens is 282 g/mol. The molecule has 122 valence electrons. The smallest absolute Gasteiger partial charge is 0.220 e. The Morgan fingerprint density at radius 2 is 2.00 bits per heavy atom. The Hall–Kier alpha value is -1.75. The number of ether oxygens (including phenoxy) is 2. The van der Waals surface area contributed by atoms with Gasteiger partial charge in [0.15, 0.2) is 11.5 Å². The van der Waals surface area contributed by atoms with Crippen LogP contribution in [0.2, 0.25) is 0 Å². The van der Waals surface area contributed by atoms with E-state index in [-0.39, 0.29) is 12.5 Å². The van der Waals surface area contributed by atoms with Gasteiger partial charge in [0.25, 0.3) is 0 Å². The van der Waals surface area contributed by atoms with Crippen molar-refractivity contribution in [3.05, 3.63) is 23.3 Å². The molecule has 1 unspecified atom stereocenters. The minimum atomic E-state index is -1.03. The molecule has 1 aliphatic carbocycles. The SMILES string of the molecule is CCCCC(=O)NCC1(O)CCc2cc(OC)c(OC)cc21. The van der Waals surface area contributed by atoms with Gasteiger partial charge in [0, 0.05) is 6.42 Å². The number of fused-ring (bicyclic) bond motifs is 1. The summed E-state index contributed by atoms with van der Waals surface area (Å²) in [6, 6.07) is 3.73. The number of nitrogens with one attached hydrogen (secondary N) is 1. The second-order valence-electron chi connectivity index (χ2n) is 5.78. The molecule has 0 radical (unpaired) electrons. The largest absolute Gasteiger partial charge is 0.493 e. The zero-order valence-corrected chi connectivity index (χ0v) is 13.6. The summed E-state index contributed by atoms with van der Waals surface area (Å²) in [6.45, 7) is 2.28. The van der Waals surface area contributed by atoms with Crippen LogP contribution in [0.3, 0.4) is 0 Å². The molecule has 1 atom stereocenters. The normalized spacial score (nSPS) is 19.6. The van der Waals surface area contributed by atoms with Gasteiger partial charge in [0.2, 0.25) is 5.91 Å². The van der Waals surface area contributed by atoms with Gasteiger partial charge >= 0.3 is 0 Å². The third-order valence-electron chi connectivity index (χ3n) is 4.25. The lowest BCUT2D eigenvalue weighted by Gasteiger charge is -2.25. The predicted octanol–water partition coefficient (Wildman–Crippen LogP) is 2.14. The molecule has 2 rings (SSSR count). The molecule has 0 heterocycles. The second kappa shape index (κ2) is 7.01. The highest BCUT2D eigenvalue weighted by atomic mass is 16.5. The summed E-state index contributed by atoms with van der Waals surface area (Å²) in [5.74, 6) is 1.25. The molecule has 2 N–H and O–H groups in total. The second-order valence-corrected chi connectivity index (χ2v) is 5.78. The molecule has 1 aliphatic rings. The Bertz CT molecular complexity index is 544. The summed E-state index contributed by atoms with van der Waals surface area (Å²) in [7, 11) is 3.17. The average molecular weight is 307 g/mol. The van der Waals surface area contributed by atoms with Crippen LogP contribution < -0.4 is 14.8 Å². The van der Waals surface area contributed by atoms with Crippen LogP contribution in [0.5, 0.6) is 11.5 Å². The number of aryl methyl sites for hydroxylation is 1. The molecule has 1 aromatic rings. The van der Waals surface area contributed by atoms with Crippen molar-refractivity contribution in [1.29, 1.82) is 0 Å². The van der Waals surface area contributed by atoms with Crippen LogP contribution >= 0.6 is 0 Å². The minimum Gasteiger partial charge on any atom is -0.493 e. The fourth-order valence-electron chi connectivity index (χ4n) is 2.89. The maximum Gasteiger partial charge on any atom is 0.220 e. The summed E-state index contributed by atoms with van der Waals surface area (Å²) in [5, 5.41) is 13.7. The van der Waals surface area contributed by atoms with Gasteiger partial charge in [0.1, 0.15) is 5.60 Å². The average Bonchev–Trinajstić information content (AvgIpc) is 2.86. The van der Waals surface area contributed by atoms with E-state index in [1.165, 1.54) is 0 Å². The summed E-state index contributed by atoms with van der Waals surface area (Å²) in [6.07, 6.45) is 3.71. The molecule has 5 nitrogen and oxygen atoms in total. The molecule has 0 bridgehead atoms. The van der Waals surface area contributed by atoms with Gasteiger partial charge < -0.3 is 19.9 Å². The predicted molar refractivity (Wildman–Crippen MR) is 84.3 cm³/mol. The quantitative estimate of drug-likeness (QED) is 0.810. The van der Waals surface area contributed by atoms with Crippen LogP contribution in [0.4, 0.5) is 0 Å². The Balaban J connectivity index is 2.14. The molecule has 5 heteroatoms. The summed E-state index contributed by atoms with van der Waals surface area (Å²) in [5.41, 5.74) is 0.834. The van der Waals surface area contributed by atoms with Gasteiger partial charge in [-0.3, -0.25) is 4.79 Å². The van der Waals surface area contributed by atoms with Crippen molar-refractivity contribution >= 4 is 5.91 Å². The van der Waals surface area contributed by atoms with E-state index in [0.29, 0.717) is 24.3 Å². The Morgan fingerprint density at radius 1 is 1.32 bits per heavy atom. The van der Waals surface area contributed by atoms with Crippen molar-refractivity contribution in [2.75, 3.05) is 20.8 Å². The zero-order chi connectivity index (χ0) is 16.2. The molecule has 0 saturated heterocycles. The Labute approximate surface area is 131 Å². The van der Waals surface area contributed by atoms with Crippen molar-refractivity contribution in [3.8, 4) is 11.5 Å². The summed E-state index contributed by atoms with van der Waals surface area (Å²) >= 11 is 0.